The van der Waals surface area contributed by atoms with Gasteiger partial charge in [-0.25, -0.2) is 9.97 Å². The fourth-order valence-electron chi connectivity index (χ4n) is 4.18. The molecule has 5 rings (SSSR count). The molecule has 38 heavy (non-hydrogen) atoms. The molecule has 3 aromatic carbocycles. The second kappa shape index (κ2) is 12.0. The van der Waals surface area contributed by atoms with Gasteiger partial charge in [-0.1, -0.05) is 36.4 Å². The Morgan fingerprint density at radius 1 is 0.816 bits per heavy atom. The van der Waals surface area contributed by atoms with E-state index < -0.39 is 0 Å². The van der Waals surface area contributed by atoms with Gasteiger partial charge in [-0.05, 0) is 53.6 Å². The van der Waals surface area contributed by atoms with E-state index in [0.717, 1.165) is 17.3 Å². The van der Waals surface area contributed by atoms with Crippen LogP contribution < -0.4 is 9.47 Å². The maximum absolute atomic E-state index is 7.36. The van der Waals surface area contributed by atoms with Gasteiger partial charge < -0.3 is 24.0 Å². The molecule has 1 atom stereocenters. The summed E-state index contributed by atoms with van der Waals surface area (Å²) in [7, 11) is 0. The van der Waals surface area contributed by atoms with Crippen LogP contribution in [0.4, 0.5) is 0 Å². The van der Waals surface area contributed by atoms with Crippen LogP contribution in [0.25, 0.3) is 10.8 Å². The molecule has 0 saturated carbocycles. The van der Waals surface area contributed by atoms with Crippen LogP contribution >= 0.6 is 0 Å². The molecule has 8 nitrogen and oxygen atoms in total. The monoisotopic (exact) mass is 506 g/mol. The van der Waals surface area contributed by atoms with Gasteiger partial charge in [0.15, 0.2) is 5.82 Å². The van der Waals surface area contributed by atoms with Gasteiger partial charge in [0.1, 0.15) is 30.5 Å². The number of nitrogens with zero attached hydrogens (tertiary/aromatic N) is 5. The van der Waals surface area contributed by atoms with E-state index in [4.69, 9.17) is 19.9 Å². The van der Waals surface area contributed by atoms with Crippen LogP contribution in [0, 0.1) is 5.41 Å². The summed E-state index contributed by atoms with van der Waals surface area (Å²) in [5, 5.41) is 9.81. The van der Waals surface area contributed by atoms with Crippen molar-refractivity contribution in [3.8, 4) is 11.5 Å². The first-order chi connectivity index (χ1) is 18.7. The van der Waals surface area contributed by atoms with E-state index in [9.17, 15) is 0 Å². The molecule has 5 aromatic rings. The minimum atomic E-state index is 0.0275. The molecule has 8 heteroatoms. The number of aliphatic imine (C=N–C) groups is 1. The van der Waals surface area contributed by atoms with Gasteiger partial charge in [0, 0.05) is 24.8 Å². The molecule has 1 N–H and O–H groups in total. The summed E-state index contributed by atoms with van der Waals surface area (Å²) in [6.45, 7) is 4.37. The number of rotatable bonds is 12. The lowest BCUT2D eigenvalue weighted by molar-refractivity contribution is 0.290. The molecule has 0 saturated heterocycles. The van der Waals surface area contributed by atoms with Crippen molar-refractivity contribution in [2.24, 2.45) is 4.99 Å². The van der Waals surface area contributed by atoms with Crippen LogP contribution in [0.5, 0.6) is 11.5 Å². The first kappa shape index (κ1) is 25.0. The van der Waals surface area contributed by atoms with Crippen molar-refractivity contribution >= 4 is 23.2 Å². The van der Waals surface area contributed by atoms with Gasteiger partial charge >= 0.3 is 0 Å². The summed E-state index contributed by atoms with van der Waals surface area (Å²) in [5.41, 5.74) is 1.17. The normalized spacial score (nSPS) is 12.1. The smallest absolute Gasteiger partial charge is 0.150 e. The van der Waals surface area contributed by atoms with E-state index in [0.29, 0.717) is 32.1 Å². The van der Waals surface area contributed by atoms with Crippen molar-refractivity contribution in [2.75, 3.05) is 13.2 Å². The Hall–Kier alpha value is -4.72. The third kappa shape index (κ3) is 6.15. The highest BCUT2D eigenvalue weighted by Crippen LogP contribution is 2.22. The Morgan fingerprint density at radius 2 is 1.42 bits per heavy atom. The zero-order valence-corrected chi connectivity index (χ0v) is 21.3. The van der Waals surface area contributed by atoms with Crippen molar-refractivity contribution < 1.29 is 9.47 Å². The molecule has 0 unspecified atom stereocenters. The molecule has 0 radical (unpaired) electrons. The molecule has 0 bridgehead atoms. The van der Waals surface area contributed by atoms with Gasteiger partial charge in [-0.3, -0.25) is 4.99 Å². The molecule has 0 aliphatic carbocycles. The second-order valence-corrected chi connectivity index (χ2v) is 8.83. The van der Waals surface area contributed by atoms with Crippen LogP contribution in [0.1, 0.15) is 30.2 Å². The maximum atomic E-state index is 7.36. The lowest BCUT2D eigenvalue weighted by Crippen LogP contribution is -2.11. The highest BCUT2D eigenvalue weighted by atomic mass is 16.5. The number of hydrogen-bond donors (Lipinski definition) is 1. The fourth-order valence-corrected chi connectivity index (χ4v) is 4.18. The van der Waals surface area contributed by atoms with E-state index in [2.05, 4.69) is 59.4 Å². The van der Waals surface area contributed by atoms with Gasteiger partial charge in [0.2, 0.25) is 0 Å². The first-order valence-corrected chi connectivity index (χ1v) is 12.6. The number of aromatic nitrogens is 4. The maximum Gasteiger partial charge on any atom is 0.150 e. The Kier molecular flexibility index (Phi) is 7.89. The topological polar surface area (TPSA) is 90.3 Å². The average Bonchev–Trinajstić information content (AvgIpc) is 3.61. The number of ether oxygens (including phenoxy) is 2. The molecule has 0 aliphatic rings. The number of fused-ring (bicyclic) bond motifs is 1. The minimum Gasteiger partial charge on any atom is -0.492 e. The third-order valence-corrected chi connectivity index (χ3v) is 6.32. The molecule has 192 valence electrons. The third-order valence-electron chi connectivity index (χ3n) is 6.32. The van der Waals surface area contributed by atoms with Crippen LogP contribution in [-0.2, 0) is 13.1 Å². The Labute approximate surface area is 221 Å². The molecule has 2 aromatic heterocycles. The summed E-state index contributed by atoms with van der Waals surface area (Å²) in [6, 6.07) is 22.4. The van der Waals surface area contributed by atoms with Crippen molar-refractivity contribution in [1.29, 1.82) is 5.41 Å². The molecular formula is C30H30N6O2. The fraction of sp³-hybridized carbons (Fsp3) is 0.200. The highest BCUT2D eigenvalue weighted by Gasteiger charge is 2.06. The lowest BCUT2D eigenvalue weighted by Gasteiger charge is -2.11. The van der Waals surface area contributed by atoms with E-state index in [-0.39, 0.29) is 6.04 Å². The van der Waals surface area contributed by atoms with Crippen LogP contribution in [0.15, 0.2) is 96.5 Å². The quantitative estimate of drug-likeness (QED) is 0.224. The van der Waals surface area contributed by atoms with Crippen molar-refractivity contribution in [1.82, 2.24) is 19.1 Å². The summed E-state index contributed by atoms with van der Waals surface area (Å²) in [5.74, 6) is 2.96. The number of benzene rings is 3. The van der Waals surface area contributed by atoms with Gasteiger partial charge in [0.25, 0.3) is 0 Å². The second-order valence-electron chi connectivity index (χ2n) is 8.83. The van der Waals surface area contributed by atoms with E-state index in [1.165, 1.54) is 22.6 Å². The predicted octanol–water partition coefficient (Wildman–Crippen LogP) is 5.57. The largest absolute Gasteiger partial charge is 0.492 e. The lowest BCUT2D eigenvalue weighted by atomic mass is 10.0. The summed E-state index contributed by atoms with van der Waals surface area (Å²) in [4.78, 5) is 13.3. The predicted molar refractivity (Wildman–Crippen MR) is 150 cm³/mol. The molecule has 0 fully saturated rings. The van der Waals surface area contributed by atoms with E-state index in [1.807, 2.05) is 52.0 Å². The zero-order valence-electron chi connectivity index (χ0n) is 21.3. The van der Waals surface area contributed by atoms with Gasteiger partial charge in [-0.2, -0.15) is 0 Å². The minimum absolute atomic E-state index is 0.0275. The van der Waals surface area contributed by atoms with Gasteiger partial charge in [0.05, 0.1) is 31.6 Å². The average molecular weight is 507 g/mol. The van der Waals surface area contributed by atoms with Crippen molar-refractivity contribution in [3.05, 3.63) is 109 Å². The number of imidazole rings is 2. The number of hydrogen-bond acceptors (Lipinski definition) is 6. The molecule has 2 heterocycles. The van der Waals surface area contributed by atoms with E-state index >= 15 is 0 Å². The highest BCUT2D eigenvalue weighted by molar-refractivity contribution is 5.83. The summed E-state index contributed by atoms with van der Waals surface area (Å²) >= 11 is 0. The van der Waals surface area contributed by atoms with Crippen LogP contribution in [0.3, 0.4) is 0 Å². The van der Waals surface area contributed by atoms with E-state index in [1.54, 1.807) is 12.4 Å². The molecular weight excluding hydrogens is 476 g/mol. The molecule has 0 aliphatic heterocycles. The Bertz CT molecular complexity index is 1520. The molecule has 0 spiro atoms. The summed E-state index contributed by atoms with van der Waals surface area (Å²) in [6.07, 6.45) is 10.3. The molecule has 0 amide bonds. The zero-order chi connectivity index (χ0) is 26.2. The summed E-state index contributed by atoms with van der Waals surface area (Å²) < 4.78 is 15.7. The number of nitrogens with one attached hydrogen (secondary N) is 1. The Morgan fingerprint density at radius 3 is 2.08 bits per heavy atom. The Balaban J connectivity index is 1.10. The standard InChI is InChI=1S/C30H30N6O2/c1-23(25-7-6-24-4-2-3-5-26(24)20-25)34-22-30-33-13-15-36(30)17-19-38-28-10-8-27(9-11-28)37-18-16-35-14-12-32-29(35)21-31/h2-15,20-23,31H,16-19H2,1H3/t23-/m1/s1. The first-order valence-electron chi connectivity index (χ1n) is 12.6. The van der Waals surface area contributed by atoms with Crippen molar-refractivity contribution in [3.63, 3.8) is 0 Å². The van der Waals surface area contributed by atoms with Crippen LogP contribution in [-0.4, -0.2) is 44.7 Å². The van der Waals surface area contributed by atoms with Crippen LogP contribution in [0.2, 0.25) is 0 Å². The SMILES string of the molecule is C[C@@H](N=Cc1nccn1CCOc1ccc(OCCn2ccnc2C=N)cc1)c1ccc2ccccc2c1. The van der Waals surface area contributed by atoms with Gasteiger partial charge in [-0.15, -0.1) is 0 Å². The van der Waals surface area contributed by atoms with Crippen molar-refractivity contribution in [2.45, 2.75) is 26.1 Å².